The van der Waals surface area contributed by atoms with Crippen LogP contribution in [0, 0.1) is 5.92 Å². The van der Waals surface area contributed by atoms with E-state index < -0.39 is 0 Å². The zero-order valence-corrected chi connectivity index (χ0v) is 15.3. The number of rotatable bonds is 6. The van der Waals surface area contributed by atoms with Gasteiger partial charge in [-0.05, 0) is 43.5 Å². The zero-order valence-electron chi connectivity index (χ0n) is 13.7. The summed E-state index contributed by atoms with van der Waals surface area (Å²) in [6.07, 6.45) is 4.86. The quantitative estimate of drug-likeness (QED) is 0.766. The van der Waals surface area contributed by atoms with Gasteiger partial charge >= 0.3 is 0 Å². The Balaban J connectivity index is 1.78. The summed E-state index contributed by atoms with van der Waals surface area (Å²) in [4.78, 5) is 26.4. The average Bonchev–Trinajstić information content (AvgIpc) is 2.59. The number of carbonyl (C=O) groups excluding carboxylic acids is 2. The summed E-state index contributed by atoms with van der Waals surface area (Å²) in [6.45, 7) is 4.23. The first-order chi connectivity index (χ1) is 11.1. The van der Waals surface area contributed by atoms with E-state index in [0.717, 1.165) is 43.1 Å². The molecule has 1 aromatic carbocycles. The Hall–Kier alpha value is -1.36. The van der Waals surface area contributed by atoms with Crippen molar-refractivity contribution >= 4 is 27.7 Å². The molecule has 0 aliphatic carbocycles. The molecule has 1 saturated heterocycles. The maximum absolute atomic E-state index is 12.4. The molecule has 1 aromatic rings. The standard InChI is InChI=1S/C18H25BrN2O2/c1-2-3-4-11-20-17(22)14-9-12-21(13-10-14)18(23)15-5-7-16(19)8-6-15/h5-8,14H,2-4,9-13H2,1H3,(H,20,22). The van der Waals surface area contributed by atoms with Crippen LogP contribution >= 0.6 is 15.9 Å². The summed E-state index contributed by atoms with van der Waals surface area (Å²) in [5, 5.41) is 3.02. The number of nitrogens with one attached hydrogen (secondary N) is 1. The molecule has 5 heteroatoms. The molecular formula is C18H25BrN2O2. The van der Waals surface area contributed by atoms with E-state index in [1.54, 1.807) is 0 Å². The van der Waals surface area contributed by atoms with Gasteiger partial charge in [-0.2, -0.15) is 0 Å². The van der Waals surface area contributed by atoms with Gasteiger partial charge in [-0.15, -0.1) is 0 Å². The van der Waals surface area contributed by atoms with Gasteiger partial charge in [0.05, 0.1) is 0 Å². The van der Waals surface area contributed by atoms with Crippen molar-refractivity contribution in [2.75, 3.05) is 19.6 Å². The van der Waals surface area contributed by atoms with Crippen molar-refractivity contribution < 1.29 is 9.59 Å². The van der Waals surface area contributed by atoms with Gasteiger partial charge in [-0.25, -0.2) is 0 Å². The highest BCUT2D eigenvalue weighted by Gasteiger charge is 2.27. The molecule has 1 fully saturated rings. The van der Waals surface area contributed by atoms with Gasteiger partial charge in [0.2, 0.25) is 5.91 Å². The van der Waals surface area contributed by atoms with Gasteiger partial charge in [-0.1, -0.05) is 35.7 Å². The first-order valence-corrected chi connectivity index (χ1v) is 9.23. The molecule has 0 saturated carbocycles. The van der Waals surface area contributed by atoms with Crippen LogP contribution < -0.4 is 5.32 Å². The summed E-state index contributed by atoms with van der Waals surface area (Å²) in [6, 6.07) is 7.42. The van der Waals surface area contributed by atoms with Gasteiger partial charge < -0.3 is 10.2 Å². The van der Waals surface area contributed by atoms with Crippen LogP contribution in [0.3, 0.4) is 0 Å². The van der Waals surface area contributed by atoms with Crippen LogP contribution in [0.2, 0.25) is 0 Å². The lowest BCUT2D eigenvalue weighted by molar-refractivity contribution is -0.126. The average molecular weight is 381 g/mol. The smallest absolute Gasteiger partial charge is 0.253 e. The van der Waals surface area contributed by atoms with Gasteiger partial charge in [0.25, 0.3) is 5.91 Å². The number of unbranched alkanes of at least 4 members (excludes halogenated alkanes) is 2. The SMILES string of the molecule is CCCCCNC(=O)C1CCN(C(=O)c2ccc(Br)cc2)CC1. The molecule has 1 heterocycles. The Kier molecular flexibility index (Phi) is 7.09. The minimum atomic E-state index is 0.0468. The Morgan fingerprint density at radius 2 is 1.83 bits per heavy atom. The van der Waals surface area contributed by atoms with E-state index in [-0.39, 0.29) is 17.7 Å². The lowest BCUT2D eigenvalue weighted by Crippen LogP contribution is -2.43. The van der Waals surface area contributed by atoms with E-state index in [9.17, 15) is 9.59 Å². The summed E-state index contributed by atoms with van der Waals surface area (Å²) in [5.74, 6) is 0.252. The topological polar surface area (TPSA) is 49.4 Å². The van der Waals surface area contributed by atoms with Crippen molar-refractivity contribution in [2.45, 2.75) is 39.0 Å². The van der Waals surface area contributed by atoms with Gasteiger partial charge in [-0.3, -0.25) is 9.59 Å². The van der Waals surface area contributed by atoms with Crippen molar-refractivity contribution in [3.05, 3.63) is 34.3 Å². The second kappa shape index (κ2) is 9.06. The fourth-order valence-electron chi connectivity index (χ4n) is 2.85. The van der Waals surface area contributed by atoms with E-state index in [1.165, 1.54) is 0 Å². The van der Waals surface area contributed by atoms with Gasteiger partial charge in [0, 0.05) is 35.6 Å². The predicted molar refractivity (Wildman–Crippen MR) is 95.3 cm³/mol. The summed E-state index contributed by atoms with van der Waals surface area (Å²) >= 11 is 3.38. The van der Waals surface area contributed by atoms with E-state index in [0.29, 0.717) is 18.7 Å². The molecule has 1 N–H and O–H groups in total. The van der Waals surface area contributed by atoms with Crippen LogP contribution in [0.1, 0.15) is 49.4 Å². The molecule has 0 bridgehead atoms. The molecule has 4 nitrogen and oxygen atoms in total. The van der Waals surface area contributed by atoms with E-state index in [4.69, 9.17) is 0 Å². The minimum absolute atomic E-state index is 0.0468. The Labute approximate surface area is 146 Å². The third kappa shape index (κ3) is 5.34. The first-order valence-electron chi connectivity index (χ1n) is 8.44. The maximum atomic E-state index is 12.4. The lowest BCUT2D eigenvalue weighted by atomic mass is 9.95. The van der Waals surface area contributed by atoms with Crippen molar-refractivity contribution in [1.29, 1.82) is 0 Å². The number of hydrogen-bond donors (Lipinski definition) is 1. The second-order valence-corrected chi connectivity index (χ2v) is 6.99. The van der Waals surface area contributed by atoms with Gasteiger partial charge in [0.1, 0.15) is 0 Å². The monoisotopic (exact) mass is 380 g/mol. The third-order valence-corrected chi connectivity index (χ3v) is 4.85. The molecule has 0 unspecified atom stereocenters. The number of benzene rings is 1. The van der Waals surface area contributed by atoms with Crippen LogP contribution in [-0.4, -0.2) is 36.3 Å². The molecule has 0 aromatic heterocycles. The second-order valence-electron chi connectivity index (χ2n) is 6.07. The highest BCUT2D eigenvalue weighted by Crippen LogP contribution is 2.20. The molecule has 2 amide bonds. The lowest BCUT2D eigenvalue weighted by Gasteiger charge is -2.31. The molecular weight excluding hydrogens is 356 g/mol. The number of hydrogen-bond acceptors (Lipinski definition) is 2. The predicted octanol–water partition coefficient (Wildman–Crippen LogP) is 3.61. The zero-order chi connectivity index (χ0) is 16.7. The Morgan fingerprint density at radius 3 is 2.43 bits per heavy atom. The maximum Gasteiger partial charge on any atom is 0.253 e. The highest BCUT2D eigenvalue weighted by atomic mass is 79.9. The van der Waals surface area contributed by atoms with E-state index in [2.05, 4.69) is 28.2 Å². The summed E-state index contributed by atoms with van der Waals surface area (Å²) in [7, 11) is 0. The molecule has 1 aliphatic heterocycles. The van der Waals surface area contributed by atoms with Crippen molar-refractivity contribution in [1.82, 2.24) is 10.2 Å². The number of piperidine rings is 1. The molecule has 0 radical (unpaired) electrons. The largest absolute Gasteiger partial charge is 0.356 e. The van der Waals surface area contributed by atoms with Crippen LogP contribution in [0.15, 0.2) is 28.7 Å². The number of nitrogens with zero attached hydrogens (tertiary/aromatic N) is 1. The Bertz CT molecular complexity index is 522. The van der Waals surface area contributed by atoms with E-state index in [1.807, 2.05) is 29.2 Å². The number of halogens is 1. The van der Waals surface area contributed by atoms with Crippen LogP contribution in [0.4, 0.5) is 0 Å². The summed E-state index contributed by atoms with van der Waals surface area (Å²) < 4.78 is 0.965. The molecule has 126 valence electrons. The normalized spacial score (nSPS) is 15.5. The third-order valence-electron chi connectivity index (χ3n) is 4.32. The molecule has 2 rings (SSSR count). The number of carbonyl (C=O) groups is 2. The first kappa shape index (κ1) is 18.0. The highest BCUT2D eigenvalue weighted by molar-refractivity contribution is 9.10. The van der Waals surface area contributed by atoms with Crippen LogP contribution in [-0.2, 0) is 4.79 Å². The van der Waals surface area contributed by atoms with Crippen LogP contribution in [0.25, 0.3) is 0 Å². The van der Waals surface area contributed by atoms with Crippen LogP contribution in [0.5, 0.6) is 0 Å². The molecule has 23 heavy (non-hydrogen) atoms. The minimum Gasteiger partial charge on any atom is -0.356 e. The molecule has 1 aliphatic rings. The molecule has 0 spiro atoms. The van der Waals surface area contributed by atoms with Crippen molar-refractivity contribution in [3.8, 4) is 0 Å². The number of likely N-dealkylation sites (tertiary alicyclic amines) is 1. The fourth-order valence-corrected chi connectivity index (χ4v) is 3.12. The van der Waals surface area contributed by atoms with E-state index >= 15 is 0 Å². The molecule has 0 atom stereocenters. The Morgan fingerprint density at radius 1 is 1.17 bits per heavy atom. The summed E-state index contributed by atoms with van der Waals surface area (Å²) in [5.41, 5.74) is 0.704. The van der Waals surface area contributed by atoms with Crippen molar-refractivity contribution in [3.63, 3.8) is 0 Å². The van der Waals surface area contributed by atoms with Gasteiger partial charge in [0.15, 0.2) is 0 Å². The fraction of sp³-hybridized carbons (Fsp3) is 0.556. The van der Waals surface area contributed by atoms with Crippen molar-refractivity contribution in [2.24, 2.45) is 5.92 Å². The number of amides is 2.